The Labute approximate surface area is 196 Å². The van der Waals surface area contributed by atoms with E-state index in [9.17, 15) is 25.0 Å². The summed E-state index contributed by atoms with van der Waals surface area (Å²) in [6, 6.07) is 18.7. The number of nitro benzene ring substituents is 2. The topological polar surface area (TPSA) is 138 Å². The molecule has 0 bridgehead atoms. The van der Waals surface area contributed by atoms with E-state index in [1.54, 1.807) is 43.5 Å². The van der Waals surface area contributed by atoms with E-state index in [2.05, 4.69) is 10.3 Å². The molecule has 4 aromatic rings. The summed E-state index contributed by atoms with van der Waals surface area (Å²) in [5.41, 5.74) is 1.48. The van der Waals surface area contributed by atoms with Crippen molar-refractivity contribution in [3.8, 4) is 27.4 Å². The maximum absolute atomic E-state index is 12.8. The number of nitrogens with one attached hydrogen (secondary N) is 1. The van der Waals surface area contributed by atoms with E-state index in [4.69, 9.17) is 4.74 Å². The zero-order chi connectivity index (χ0) is 24.2. The molecule has 0 aliphatic rings. The maximum atomic E-state index is 12.8. The third-order valence-corrected chi connectivity index (χ3v) is 5.92. The second-order valence-electron chi connectivity index (χ2n) is 6.96. The van der Waals surface area contributed by atoms with Crippen molar-refractivity contribution < 1.29 is 19.4 Å². The van der Waals surface area contributed by atoms with Crippen molar-refractivity contribution in [3.63, 3.8) is 0 Å². The van der Waals surface area contributed by atoms with E-state index >= 15 is 0 Å². The number of anilines is 1. The first-order valence-corrected chi connectivity index (χ1v) is 10.6. The molecule has 0 radical (unpaired) electrons. The van der Waals surface area contributed by atoms with Crippen molar-refractivity contribution in [2.45, 2.75) is 0 Å². The highest BCUT2D eigenvalue weighted by Gasteiger charge is 2.22. The first-order chi connectivity index (χ1) is 16.4. The van der Waals surface area contributed by atoms with E-state index < -0.39 is 15.8 Å². The molecule has 0 aliphatic carbocycles. The molecule has 0 unspecified atom stereocenters. The summed E-state index contributed by atoms with van der Waals surface area (Å²) < 4.78 is 5.20. The Morgan fingerprint density at radius 1 is 0.912 bits per heavy atom. The number of thiazole rings is 1. The van der Waals surface area contributed by atoms with Gasteiger partial charge in [0, 0.05) is 23.8 Å². The van der Waals surface area contributed by atoms with E-state index in [-0.39, 0.29) is 22.1 Å². The summed E-state index contributed by atoms with van der Waals surface area (Å²) >= 11 is 1.15. The SMILES string of the molecule is COc1ccc(-c2nc(NC(=O)c3ccccc3[N+](=O)[O-])sc2-c2ccc([N+](=O)[O-])cc2)cc1. The minimum Gasteiger partial charge on any atom is -0.497 e. The van der Waals surface area contributed by atoms with Gasteiger partial charge in [-0.3, -0.25) is 30.3 Å². The fourth-order valence-corrected chi connectivity index (χ4v) is 4.23. The number of non-ortho nitro benzene ring substituents is 1. The second kappa shape index (κ2) is 9.46. The van der Waals surface area contributed by atoms with Crippen LogP contribution >= 0.6 is 11.3 Å². The maximum Gasteiger partial charge on any atom is 0.282 e. The fraction of sp³-hybridized carbons (Fsp3) is 0.0435. The number of hydrogen-bond donors (Lipinski definition) is 1. The molecule has 10 nitrogen and oxygen atoms in total. The molecule has 0 aliphatic heterocycles. The number of rotatable bonds is 7. The standard InChI is InChI=1S/C23H16N4O6S/c1-33-17-12-8-14(9-13-17)20-21(15-6-10-16(11-7-15)26(29)30)34-23(24-20)25-22(28)18-4-2-3-5-19(18)27(31)32/h2-13H,1H3,(H,24,25,28). The quantitative estimate of drug-likeness (QED) is 0.272. The zero-order valence-electron chi connectivity index (χ0n) is 17.6. The van der Waals surface area contributed by atoms with Crippen molar-refractivity contribution in [2.24, 2.45) is 0 Å². The summed E-state index contributed by atoms with van der Waals surface area (Å²) in [5, 5.41) is 25.2. The highest BCUT2D eigenvalue weighted by atomic mass is 32.1. The van der Waals surface area contributed by atoms with Crippen LogP contribution in [0.1, 0.15) is 10.4 Å². The van der Waals surface area contributed by atoms with Crippen molar-refractivity contribution in [1.82, 2.24) is 4.98 Å². The Hall–Kier alpha value is -4.64. The predicted molar refractivity (Wildman–Crippen MR) is 127 cm³/mol. The lowest BCUT2D eigenvalue weighted by molar-refractivity contribution is -0.385. The van der Waals surface area contributed by atoms with Gasteiger partial charge in [-0.25, -0.2) is 4.98 Å². The number of benzene rings is 3. The molecule has 1 aromatic heterocycles. The van der Waals surface area contributed by atoms with Gasteiger partial charge in [-0.15, -0.1) is 0 Å². The van der Waals surface area contributed by atoms with Gasteiger partial charge < -0.3 is 4.74 Å². The number of para-hydroxylation sites is 1. The van der Waals surface area contributed by atoms with Crippen molar-refractivity contribution in [1.29, 1.82) is 0 Å². The number of carbonyl (C=O) groups excluding carboxylic acids is 1. The van der Waals surface area contributed by atoms with Crippen LogP contribution in [0.15, 0.2) is 72.8 Å². The Morgan fingerprint density at radius 3 is 2.18 bits per heavy atom. The van der Waals surface area contributed by atoms with Crippen LogP contribution in [-0.2, 0) is 0 Å². The van der Waals surface area contributed by atoms with Gasteiger partial charge in [-0.2, -0.15) is 0 Å². The van der Waals surface area contributed by atoms with Crippen LogP contribution in [0, 0.1) is 20.2 Å². The molecule has 0 atom stereocenters. The summed E-state index contributed by atoms with van der Waals surface area (Å²) in [4.78, 5) is 39.2. The molecular formula is C23H16N4O6S. The summed E-state index contributed by atoms with van der Waals surface area (Å²) in [6.07, 6.45) is 0. The van der Waals surface area contributed by atoms with Crippen molar-refractivity contribution >= 4 is 33.8 Å². The highest BCUT2D eigenvalue weighted by Crippen LogP contribution is 2.40. The van der Waals surface area contributed by atoms with Gasteiger partial charge in [0.05, 0.1) is 27.5 Å². The Morgan fingerprint density at radius 2 is 1.56 bits per heavy atom. The number of nitro groups is 2. The van der Waals surface area contributed by atoms with Gasteiger partial charge in [0.15, 0.2) is 5.13 Å². The Bertz CT molecular complexity index is 1380. The monoisotopic (exact) mass is 476 g/mol. The molecule has 0 spiro atoms. The minimum absolute atomic E-state index is 0.0517. The van der Waals surface area contributed by atoms with Gasteiger partial charge in [0.2, 0.25) is 0 Å². The van der Waals surface area contributed by atoms with Crippen LogP contribution in [0.2, 0.25) is 0 Å². The molecule has 0 saturated carbocycles. The smallest absolute Gasteiger partial charge is 0.282 e. The molecular weight excluding hydrogens is 460 g/mol. The van der Waals surface area contributed by atoms with Crippen molar-refractivity contribution in [2.75, 3.05) is 12.4 Å². The van der Waals surface area contributed by atoms with Crippen LogP contribution < -0.4 is 10.1 Å². The van der Waals surface area contributed by atoms with E-state index in [0.717, 1.165) is 16.9 Å². The first kappa shape index (κ1) is 22.6. The van der Waals surface area contributed by atoms with Gasteiger partial charge >= 0.3 is 0 Å². The molecule has 0 saturated heterocycles. The average Bonchev–Trinajstić information content (AvgIpc) is 3.27. The third kappa shape index (κ3) is 4.59. The number of ether oxygens (including phenoxy) is 1. The molecule has 34 heavy (non-hydrogen) atoms. The molecule has 11 heteroatoms. The number of amides is 1. The molecule has 4 rings (SSSR count). The van der Waals surface area contributed by atoms with Gasteiger partial charge in [-0.1, -0.05) is 23.5 Å². The molecule has 1 N–H and O–H groups in total. The van der Waals surface area contributed by atoms with Crippen molar-refractivity contribution in [3.05, 3.63) is 98.6 Å². The second-order valence-corrected chi connectivity index (χ2v) is 7.96. The van der Waals surface area contributed by atoms with Gasteiger partial charge in [-0.05, 0) is 48.0 Å². The van der Waals surface area contributed by atoms with Crippen LogP contribution in [0.5, 0.6) is 5.75 Å². The average molecular weight is 476 g/mol. The number of aromatic nitrogens is 1. The van der Waals surface area contributed by atoms with Gasteiger partial charge in [0.25, 0.3) is 17.3 Å². The summed E-state index contributed by atoms with van der Waals surface area (Å²) in [7, 11) is 1.55. The van der Waals surface area contributed by atoms with Crippen LogP contribution in [0.3, 0.4) is 0 Å². The minimum atomic E-state index is -0.669. The van der Waals surface area contributed by atoms with E-state index in [1.807, 2.05) is 0 Å². The zero-order valence-corrected chi connectivity index (χ0v) is 18.4. The van der Waals surface area contributed by atoms with E-state index in [1.165, 1.54) is 36.4 Å². The van der Waals surface area contributed by atoms with Crippen LogP contribution in [-0.4, -0.2) is 27.8 Å². The lowest BCUT2D eigenvalue weighted by atomic mass is 10.1. The van der Waals surface area contributed by atoms with Crippen LogP contribution in [0.4, 0.5) is 16.5 Å². The number of carbonyl (C=O) groups is 1. The first-order valence-electron chi connectivity index (χ1n) is 9.82. The predicted octanol–water partition coefficient (Wildman–Crippen LogP) is 5.55. The molecule has 170 valence electrons. The lowest BCUT2D eigenvalue weighted by Crippen LogP contribution is -2.13. The molecule has 1 heterocycles. The number of nitrogens with zero attached hydrogens (tertiary/aromatic N) is 3. The molecule has 1 amide bonds. The van der Waals surface area contributed by atoms with Crippen LogP contribution in [0.25, 0.3) is 21.7 Å². The summed E-state index contributed by atoms with van der Waals surface area (Å²) in [6.45, 7) is 0. The lowest BCUT2D eigenvalue weighted by Gasteiger charge is -2.04. The Balaban J connectivity index is 1.75. The number of methoxy groups -OCH3 is 1. The third-order valence-electron chi connectivity index (χ3n) is 4.90. The normalized spacial score (nSPS) is 10.5. The molecule has 0 fully saturated rings. The Kier molecular flexibility index (Phi) is 6.28. The highest BCUT2D eigenvalue weighted by molar-refractivity contribution is 7.19. The fourth-order valence-electron chi connectivity index (χ4n) is 3.24. The largest absolute Gasteiger partial charge is 0.497 e. The molecule has 3 aromatic carbocycles. The summed E-state index contributed by atoms with van der Waals surface area (Å²) in [5.74, 6) is -0.0154. The number of hydrogen-bond acceptors (Lipinski definition) is 8. The van der Waals surface area contributed by atoms with E-state index in [0.29, 0.717) is 21.9 Å². The van der Waals surface area contributed by atoms with Gasteiger partial charge in [0.1, 0.15) is 11.3 Å².